The molecule has 1 aliphatic heterocycles. The molecule has 0 radical (unpaired) electrons. The lowest BCUT2D eigenvalue weighted by molar-refractivity contribution is -0.124. The number of fused-ring (bicyclic) bond motifs is 1. The number of nitrogens with zero attached hydrogens (tertiary/aromatic N) is 2. The van der Waals surface area contributed by atoms with Crippen LogP contribution in [-0.2, 0) is 4.79 Å². The average Bonchev–Trinajstić information content (AvgIpc) is 2.94. The Morgan fingerprint density at radius 1 is 1.17 bits per heavy atom. The summed E-state index contributed by atoms with van der Waals surface area (Å²) in [5.41, 5.74) is 1.15. The summed E-state index contributed by atoms with van der Waals surface area (Å²) in [4.78, 5) is 30.9. The summed E-state index contributed by atoms with van der Waals surface area (Å²) in [7, 11) is 3.56. The van der Waals surface area contributed by atoms with Crippen LogP contribution in [0.5, 0.6) is 0 Å². The van der Waals surface area contributed by atoms with Gasteiger partial charge in [-0.05, 0) is 19.2 Å². The second-order valence-electron chi connectivity index (χ2n) is 5.91. The molecule has 1 aromatic carbocycles. The number of hydrogen-bond donors (Lipinski definition) is 2. The highest BCUT2D eigenvalue weighted by Crippen LogP contribution is 2.17. The predicted molar refractivity (Wildman–Crippen MR) is 88.1 cm³/mol. The SMILES string of the molecule is CNC(=O)[C@@H]1CN(C)C[C@@H]1NC(=O)c1ccc2ccccc2n1. The zero-order valence-electron chi connectivity index (χ0n) is 13.2. The van der Waals surface area contributed by atoms with E-state index in [0.717, 1.165) is 10.9 Å². The van der Waals surface area contributed by atoms with Crippen molar-refractivity contribution in [2.45, 2.75) is 6.04 Å². The normalized spacial score (nSPS) is 21.3. The Hall–Kier alpha value is -2.47. The summed E-state index contributed by atoms with van der Waals surface area (Å²) in [6.07, 6.45) is 0. The van der Waals surface area contributed by atoms with Crippen LogP contribution in [0.15, 0.2) is 36.4 Å². The number of amides is 2. The van der Waals surface area contributed by atoms with E-state index < -0.39 is 0 Å². The Morgan fingerprint density at radius 2 is 1.96 bits per heavy atom. The lowest BCUT2D eigenvalue weighted by Crippen LogP contribution is -2.45. The van der Waals surface area contributed by atoms with Gasteiger partial charge >= 0.3 is 0 Å². The van der Waals surface area contributed by atoms with E-state index in [1.54, 1.807) is 13.1 Å². The van der Waals surface area contributed by atoms with Gasteiger partial charge in [-0.15, -0.1) is 0 Å². The van der Waals surface area contributed by atoms with Gasteiger partial charge in [0.15, 0.2) is 0 Å². The average molecular weight is 312 g/mol. The number of carbonyl (C=O) groups is 2. The number of nitrogens with one attached hydrogen (secondary N) is 2. The highest BCUT2D eigenvalue weighted by atomic mass is 16.2. The second kappa shape index (κ2) is 6.34. The molecule has 0 saturated carbocycles. The lowest BCUT2D eigenvalue weighted by atomic mass is 10.0. The summed E-state index contributed by atoms with van der Waals surface area (Å²) < 4.78 is 0. The maximum atomic E-state index is 12.5. The molecule has 1 saturated heterocycles. The molecule has 2 atom stereocenters. The monoisotopic (exact) mass is 312 g/mol. The van der Waals surface area contributed by atoms with Crippen molar-refractivity contribution in [2.24, 2.45) is 5.92 Å². The van der Waals surface area contributed by atoms with E-state index >= 15 is 0 Å². The maximum absolute atomic E-state index is 12.5. The Morgan fingerprint density at radius 3 is 2.74 bits per heavy atom. The molecule has 120 valence electrons. The van der Waals surface area contributed by atoms with Crippen molar-refractivity contribution < 1.29 is 9.59 Å². The summed E-state index contributed by atoms with van der Waals surface area (Å²) in [5, 5.41) is 6.61. The number of aromatic nitrogens is 1. The number of benzene rings is 1. The van der Waals surface area contributed by atoms with Crippen LogP contribution in [0, 0.1) is 5.92 Å². The van der Waals surface area contributed by atoms with Gasteiger partial charge in [0.2, 0.25) is 5.91 Å². The van der Waals surface area contributed by atoms with E-state index in [4.69, 9.17) is 0 Å². The van der Waals surface area contributed by atoms with Crippen LogP contribution in [0.4, 0.5) is 0 Å². The van der Waals surface area contributed by atoms with Crippen molar-refractivity contribution >= 4 is 22.7 Å². The zero-order valence-corrected chi connectivity index (χ0v) is 13.2. The van der Waals surface area contributed by atoms with E-state index in [2.05, 4.69) is 15.6 Å². The number of rotatable bonds is 3. The highest BCUT2D eigenvalue weighted by Gasteiger charge is 2.36. The minimum absolute atomic E-state index is 0.0499. The second-order valence-corrected chi connectivity index (χ2v) is 5.91. The lowest BCUT2D eigenvalue weighted by Gasteiger charge is -2.18. The number of hydrogen-bond acceptors (Lipinski definition) is 4. The van der Waals surface area contributed by atoms with Gasteiger partial charge in [-0.2, -0.15) is 0 Å². The topological polar surface area (TPSA) is 74.3 Å². The molecule has 0 aliphatic carbocycles. The number of likely N-dealkylation sites (tertiary alicyclic amines) is 1. The molecule has 23 heavy (non-hydrogen) atoms. The first-order valence-electron chi connectivity index (χ1n) is 7.65. The number of para-hydroxylation sites is 1. The molecule has 6 heteroatoms. The summed E-state index contributed by atoms with van der Waals surface area (Å²) in [5.74, 6) is -0.537. The molecule has 0 unspecified atom stereocenters. The molecule has 3 rings (SSSR count). The third kappa shape index (κ3) is 3.17. The molecule has 1 aliphatic rings. The van der Waals surface area contributed by atoms with Crippen LogP contribution >= 0.6 is 0 Å². The summed E-state index contributed by atoms with van der Waals surface area (Å²) >= 11 is 0. The van der Waals surface area contributed by atoms with Gasteiger partial charge in [0, 0.05) is 25.5 Å². The predicted octanol–water partition coefficient (Wildman–Crippen LogP) is 0.641. The van der Waals surface area contributed by atoms with E-state index in [0.29, 0.717) is 18.8 Å². The molecular weight excluding hydrogens is 292 g/mol. The number of pyridine rings is 1. The van der Waals surface area contributed by atoms with Crippen molar-refractivity contribution in [3.63, 3.8) is 0 Å². The van der Waals surface area contributed by atoms with E-state index in [9.17, 15) is 9.59 Å². The van der Waals surface area contributed by atoms with Crippen molar-refractivity contribution in [1.82, 2.24) is 20.5 Å². The van der Waals surface area contributed by atoms with Crippen LogP contribution in [0.2, 0.25) is 0 Å². The molecule has 2 heterocycles. The van der Waals surface area contributed by atoms with Gasteiger partial charge in [0.05, 0.1) is 17.5 Å². The molecule has 1 fully saturated rings. The third-order valence-corrected chi connectivity index (χ3v) is 4.23. The first kappa shape index (κ1) is 15.4. The third-order valence-electron chi connectivity index (χ3n) is 4.23. The molecule has 1 aromatic heterocycles. The minimum Gasteiger partial charge on any atom is -0.359 e. The van der Waals surface area contributed by atoms with Crippen LogP contribution in [-0.4, -0.2) is 54.9 Å². The first-order valence-corrected chi connectivity index (χ1v) is 7.65. The fraction of sp³-hybridized carbons (Fsp3) is 0.353. The summed E-state index contributed by atoms with van der Waals surface area (Å²) in [6.45, 7) is 1.28. The zero-order chi connectivity index (χ0) is 16.4. The van der Waals surface area contributed by atoms with Crippen LogP contribution in [0.1, 0.15) is 10.5 Å². The molecule has 2 N–H and O–H groups in total. The quantitative estimate of drug-likeness (QED) is 0.872. The smallest absolute Gasteiger partial charge is 0.270 e. The van der Waals surface area contributed by atoms with Crippen molar-refractivity contribution in [3.8, 4) is 0 Å². The fourth-order valence-electron chi connectivity index (χ4n) is 3.03. The minimum atomic E-state index is -0.245. The summed E-state index contributed by atoms with van der Waals surface area (Å²) in [6, 6.07) is 11.1. The highest BCUT2D eigenvalue weighted by molar-refractivity contribution is 5.95. The molecule has 0 spiro atoms. The fourth-order valence-corrected chi connectivity index (χ4v) is 3.03. The van der Waals surface area contributed by atoms with Crippen molar-refractivity contribution in [1.29, 1.82) is 0 Å². The van der Waals surface area contributed by atoms with Crippen molar-refractivity contribution in [3.05, 3.63) is 42.1 Å². The van der Waals surface area contributed by atoms with Gasteiger partial charge < -0.3 is 15.5 Å². The van der Waals surface area contributed by atoms with E-state index in [1.807, 2.05) is 42.3 Å². The van der Waals surface area contributed by atoms with Gasteiger partial charge in [0.1, 0.15) is 5.69 Å². The standard InChI is InChI=1S/C17H20N4O2/c1-18-16(22)12-9-21(2)10-15(12)20-17(23)14-8-7-11-5-3-4-6-13(11)19-14/h3-8,12,15H,9-10H2,1-2H3,(H,18,22)(H,20,23)/t12-,15+/m1/s1. The molecule has 2 aromatic rings. The van der Waals surface area contributed by atoms with Gasteiger partial charge in [-0.3, -0.25) is 9.59 Å². The van der Waals surface area contributed by atoms with Gasteiger partial charge in [0.25, 0.3) is 5.91 Å². The molecule has 2 amide bonds. The van der Waals surface area contributed by atoms with Gasteiger partial charge in [-0.25, -0.2) is 4.98 Å². The Kier molecular flexibility index (Phi) is 4.25. The van der Waals surface area contributed by atoms with E-state index in [-0.39, 0.29) is 23.8 Å². The maximum Gasteiger partial charge on any atom is 0.270 e. The Bertz CT molecular complexity index is 746. The Balaban J connectivity index is 1.78. The Labute approximate surface area is 134 Å². The largest absolute Gasteiger partial charge is 0.359 e. The molecule has 6 nitrogen and oxygen atoms in total. The van der Waals surface area contributed by atoms with E-state index in [1.165, 1.54) is 0 Å². The number of carbonyl (C=O) groups excluding carboxylic acids is 2. The van der Waals surface area contributed by atoms with Crippen LogP contribution in [0.3, 0.4) is 0 Å². The molecule has 0 bridgehead atoms. The first-order chi connectivity index (χ1) is 11.1. The molecular formula is C17H20N4O2. The van der Waals surface area contributed by atoms with Crippen molar-refractivity contribution in [2.75, 3.05) is 27.2 Å². The van der Waals surface area contributed by atoms with Gasteiger partial charge in [-0.1, -0.05) is 24.3 Å². The van der Waals surface area contributed by atoms with Crippen LogP contribution in [0.25, 0.3) is 10.9 Å². The number of likely N-dealkylation sites (N-methyl/N-ethyl adjacent to an activating group) is 1. The van der Waals surface area contributed by atoms with Crippen LogP contribution < -0.4 is 10.6 Å².